The SMILES string of the molecule is CC1=[N+]([O-])C(C)N(CC=NO)C1(C)C. The predicted octanol–water partition coefficient (Wildman–Crippen LogP) is 0.858. The molecule has 0 aromatic rings. The monoisotopic (exact) mass is 199 g/mol. The summed E-state index contributed by atoms with van der Waals surface area (Å²) in [5, 5.41) is 22.9. The number of rotatable bonds is 2. The molecule has 1 N–H and O–H groups in total. The predicted molar refractivity (Wildman–Crippen MR) is 54.8 cm³/mol. The average Bonchev–Trinajstić information content (AvgIpc) is 2.27. The Morgan fingerprint density at radius 1 is 1.71 bits per heavy atom. The molecule has 1 aliphatic rings. The van der Waals surface area contributed by atoms with Crippen LogP contribution >= 0.6 is 0 Å². The normalized spacial score (nSPS) is 27.9. The van der Waals surface area contributed by atoms with Crippen LogP contribution in [0.1, 0.15) is 27.7 Å². The molecule has 5 nitrogen and oxygen atoms in total. The van der Waals surface area contributed by atoms with Crippen molar-refractivity contribution in [3.63, 3.8) is 0 Å². The molecule has 1 rings (SSSR count). The molecule has 0 aromatic heterocycles. The third-order valence-electron chi connectivity index (χ3n) is 3.08. The van der Waals surface area contributed by atoms with Gasteiger partial charge in [0.15, 0.2) is 5.71 Å². The third-order valence-corrected chi connectivity index (χ3v) is 3.08. The molecule has 0 bridgehead atoms. The Kier molecular flexibility index (Phi) is 2.80. The lowest BCUT2D eigenvalue weighted by Crippen LogP contribution is -2.48. The molecule has 1 aliphatic heterocycles. The zero-order valence-corrected chi connectivity index (χ0v) is 9.06. The lowest BCUT2D eigenvalue weighted by atomic mass is 9.99. The molecule has 1 unspecified atom stereocenters. The minimum atomic E-state index is -0.275. The topological polar surface area (TPSA) is 61.9 Å². The van der Waals surface area contributed by atoms with Crippen molar-refractivity contribution in [3.8, 4) is 0 Å². The number of hydrogen-bond donors (Lipinski definition) is 1. The van der Waals surface area contributed by atoms with Crippen molar-refractivity contribution in [1.82, 2.24) is 4.90 Å². The largest absolute Gasteiger partial charge is 0.623 e. The minimum absolute atomic E-state index is 0.206. The fraction of sp³-hybridized carbons (Fsp3) is 0.778. The highest BCUT2D eigenvalue weighted by atomic mass is 16.5. The smallest absolute Gasteiger partial charge is 0.217 e. The van der Waals surface area contributed by atoms with E-state index in [1.54, 1.807) is 0 Å². The van der Waals surface area contributed by atoms with Crippen LogP contribution in [0.25, 0.3) is 0 Å². The summed E-state index contributed by atoms with van der Waals surface area (Å²) >= 11 is 0. The molecule has 0 aliphatic carbocycles. The lowest BCUT2D eigenvalue weighted by molar-refractivity contribution is -0.510. The molecule has 14 heavy (non-hydrogen) atoms. The van der Waals surface area contributed by atoms with Gasteiger partial charge < -0.3 is 10.4 Å². The highest BCUT2D eigenvalue weighted by molar-refractivity contribution is 5.88. The summed E-state index contributed by atoms with van der Waals surface area (Å²) in [5.41, 5.74) is 0.513. The summed E-state index contributed by atoms with van der Waals surface area (Å²) in [7, 11) is 0. The van der Waals surface area contributed by atoms with Crippen molar-refractivity contribution in [2.24, 2.45) is 5.16 Å². The van der Waals surface area contributed by atoms with E-state index in [-0.39, 0.29) is 11.7 Å². The van der Waals surface area contributed by atoms with E-state index in [9.17, 15) is 5.21 Å². The van der Waals surface area contributed by atoms with Crippen LogP contribution in [0.15, 0.2) is 5.16 Å². The summed E-state index contributed by atoms with van der Waals surface area (Å²) in [6.07, 6.45) is 1.19. The van der Waals surface area contributed by atoms with Gasteiger partial charge in [-0.15, -0.1) is 5.16 Å². The number of hydroxylamine groups is 1. The van der Waals surface area contributed by atoms with Gasteiger partial charge >= 0.3 is 0 Å². The fourth-order valence-electron chi connectivity index (χ4n) is 1.86. The first-order valence-corrected chi connectivity index (χ1v) is 4.66. The van der Waals surface area contributed by atoms with Gasteiger partial charge in [-0.3, -0.25) is 0 Å². The van der Waals surface area contributed by atoms with E-state index in [1.807, 2.05) is 32.6 Å². The molecule has 1 atom stereocenters. The molecule has 0 spiro atoms. The first-order valence-electron chi connectivity index (χ1n) is 4.66. The van der Waals surface area contributed by atoms with Crippen LogP contribution in [0.2, 0.25) is 0 Å². The van der Waals surface area contributed by atoms with Crippen molar-refractivity contribution in [2.75, 3.05) is 6.54 Å². The molecule has 80 valence electrons. The molecule has 1 heterocycles. The molecule has 0 radical (unpaired) electrons. The summed E-state index contributed by atoms with van der Waals surface area (Å²) < 4.78 is 1.01. The van der Waals surface area contributed by atoms with E-state index in [0.717, 1.165) is 10.5 Å². The van der Waals surface area contributed by atoms with Gasteiger partial charge in [0, 0.05) is 20.4 Å². The Morgan fingerprint density at radius 3 is 2.64 bits per heavy atom. The van der Waals surface area contributed by atoms with Gasteiger partial charge in [-0.05, 0) is 13.8 Å². The Bertz CT molecular complexity index is 284. The van der Waals surface area contributed by atoms with Crippen LogP contribution in [0.4, 0.5) is 0 Å². The second-order valence-electron chi connectivity index (χ2n) is 4.05. The van der Waals surface area contributed by atoms with Crippen LogP contribution in [0.3, 0.4) is 0 Å². The minimum Gasteiger partial charge on any atom is -0.623 e. The number of nitrogens with zero attached hydrogens (tertiary/aromatic N) is 3. The van der Waals surface area contributed by atoms with Crippen molar-refractivity contribution < 1.29 is 9.95 Å². The molecule has 0 saturated heterocycles. The summed E-state index contributed by atoms with van der Waals surface area (Å²) in [5.74, 6) is 0. The maximum Gasteiger partial charge on any atom is 0.217 e. The van der Waals surface area contributed by atoms with E-state index in [0.29, 0.717) is 6.54 Å². The van der Waals surface area contributed by atoms with Gasteiger partial charge in [0.25, 0.3) is 0 Å². The zero-order chi connectivity index (χ0) is 10.9. The molecule has 0 aromatic carbocycles. The van der Waals surface area contributed by atoms with E-state index < -0.39 is 0 Å². The average molecular weight is 199 g/mol. The second kappa shape index (κ2) is 3.57. The first kappa shape index (κ1) is 11.0. The van der Waals surface area contributed by atoms with Crippen molar-refractivity contribution in [1.29, 1.82) is 0 Å². The van der Waals surface area contributed by atoms with Crippen molar-refractivity contribution in [2.45, 2.75) is 39.4 Å². The standard InChI is InChI=1S/C9H17N3O2/c1-7-9(3,4)11(6-5-10-13)8(2)12(7)14/h5,8,13H,6H2,1-4H3. The molecule has 5 heteroatoms. The fourth-order valence-corrected chi connectivity index (χ4v) is 1.86. The number of oxime groups is 1. The molecule has 0 amide bonds. The van der Waals surface area contributed by atoms with Crippen LogP contribution in [0.5, 0.6) is 0 Å². The van der Waals surface area contributed by atoms with Crippen LogP contribution < -0.4 is 0 Å². The second-order valence-corrected chi connectivity index (χ2v) is 4.05. The maximum absolute atomic E-state index is 11.6. The van der Waals surface area contributed by atoms with E-state index in [4.69, 9.17) is 5.21 Å². The Morgan fingerprint density at radius 2 is 2.29 bits per heavy atom. The van der Waals surface area contributed by atoms with Crippen LogP contribution in [0, 0.1) is 5.21 Å². The van der Waals surface area contributed by atoms with Crippen molar-refractivity contribution in [3.05, 3.63) is 5.21 Å². The quantitative estimate of drug-likeness (QED) is 0.236. The third kappa shape index (κ3) is 1.48. The van der Waals surface area contributed by atoms with Gasteiger partial charge in [-0.25, -0.2) is 4.90 Å². The first-order chi connectivity index (χ1) is 6.42. The van der Waals surface area contributed by atoms with E-state index in [2.05, 4.69) is 5.16 Å². The van der Waals surface area contributed by atoms with Gasteiger partial charge in [0.2, 0.25) is 6.17 Å². The lowest BCUT2D eigenvalue weighted by Gasteiger charge is -2.28. The van der Waals surface area contributed by atoms with Gasteiger partial charge in [-0.1, -0.05) is 0 Å². The summed E-state index contributed by atoms with van der Waals surface area (Å²) in [6, 6.07) is 0. The Balaban J connectivity index is 2.91. The summed E-state index contributed by atoms with van der Waals surface area (Å²) in [6.45, 7) is 8.13. The van der Waals surface area contributed by atoms with Crippen LogP contribution in [-0.4, -0.2) is 45.0 Å². The molecule has 0 fully saturated rings. The Labute approximate surface area is 83.9 Å². The maximum atomic E-state index is 11.6. The zero-order valence-electron chi connectivity index (χ0n) is 9.06. The molecular weight excluding hydrogens is 182 g/mol. The molecular formula is C9H17N3O2. The number of hydrogen-bond acceptors (Lipinski definition) is 4. The van der Waals surface area contributed by atoms with Crippen LogP contribution in [-0.2, 0) is 0 Å². The van der Waals surface area contributed by atoms with Gasteiger partial charge in [0.05, 0.1) is 6.21 Å². The van der Waals surface area contributed by atoms with Gasteiger partial charge in [0.1, 0.15) is 5.54 Å². The summed E-state index contributed by atoms with van der Waals surface area (Å²) in [4.78, 5) is 1.98. The highest BCUT2D eigenvalue weighted by Crippen LogP contribution is 2.25. The van der Waals surface area contributed by atoms with Gasteiger partial charge in [-0.2, -0.15) is 4.74 Å². The van der Waals surface area contributed by atoms with E-state index in [1.165, 1.54) is 6.21 Å². The highest BCUT2D eigenvalue weighted by Gasteiger charge is 2.46. The van der Waals surface area contributed by atoms with Crippen molar-refractivity contribution >= 4 is 11.9 Å². The van der Waals surface area contributed by atoms with E-state index >= 15 is 0 Å². The Hall–Kier alpha value is -1.10. The molecule has 0 saturated carbocycles.